The summed E-state index contributed by atoms with van der Waals surface area (Å²) in [5, 5.41) is 0. The van der Waals surface area contributed by atoms with Gasteiger partial charge in [-0.05, 0) is 5.92 Å². The molecule has 0 spiro atoms. The fraction of sp³-hybridized carbons (Fsp3) is 1.00. The van der Waals surface area contributed by atoms with Gasteiger partial charge in [0.05, 0.1) is 0 Å². The molecule has 0 heterocycles. The smallest absolute Gasteiger partial charge is 0.0443 e. The Balaban J connectivity index is 3.11. The van der Waals surface area contributed by atoms with E-state index in [1.165, 1.54) is 161 Å². The van der Waals surface area contributed by atoms with Crippen LogP contribution in [0.15, 0.2) is 0 Å². The maximum absolute atomic E-state index is 2.49. The Bertz CT molecular complexity index is 269. The van der Waals surface area contributed by atoms with E-state index in [-0.39, 0.29) is 0 Å². The summed E-state index contributed by atoms with van der Waals surface area (Å²) >= 11 is 0. The van der Waals surface area contributed by atoms with Gasteiger partial charge in [-0.3, -0.25) is 0 Å². The third-order valence-corrected chi connectivity index (χ3v) is 6.85. The fourth-order valence-corrected chi connectivity index (χ4v) is 4.64. The van der Waals surface area contributed by atoms with Crippen molar-refractivity contribution in [1.82, 2.24) is 0 Å². The second-order valence-electron chi connectivity index (χ2n) is 10.1. The summed E-state index contributed by atoms with van der Waals surface area (Å²) in [7, 11) is 0. The van der Waals surface area contributed by atoms with Gasteiger partial charge in [-0.2, -0.15) is 0 Å². The van der Waals surface area contributed by atoms with Gasteiger partial charge < -0.3 is 0 Å². The monoisotopic (exact) mass is 408 g/mol. The van der Waals surface area contributed by atoms with Crippen LogP contribution in [-0.4, -0.2) is 0 Å². The van der Waals surface area contributed by atoms with Crippen LogP contribution in [0.4, 0.5) is 0 Å². The summed E-state index contributed by atoms with van der Waals surface area (Å²) in [5.74, 6) is 0.970. The molecule has 0 aromatic rings. The molecule has 0 rings (SSSR count). The molecule has 0 saturated carbocycles. The van der Waals surface area contributed by atoms with E-state index in [0.717, 1.165) is 5.92 Å². The zero-order valence-corrected chi connectivity index (χ0v) is 21.3. The van der Waals surface area contributed by atoms with Gasteiger partial charge in [0.1, 0.15) is 0 Å². The van der Waals surface area contributed by atoms with Crippen molar-refractivity contribution in [1.29, 1.82) is 0 Å². The molecule has 0 bridgehead atoms. The molecule has 0 aliphatic heterocycles. The highest BCUT2D eigenvalue weighted by Crippen LogP contribution is 2.19. The normalized spacial score (nSPS) is 12.5. The van der Waals surface area contributed by atoms with Crippen LogP contribution in [0.1, 0.15) is 181 Å². The standard InChI is InChI=1S/C29H60/c1-4-6-8-10-12-14-15-16-17-18-19-20-22-24-26-28-29(3)27-25-23-21-13-11-9-7-5-2/h29H,4-28H2,1-3H3. The first-order chi connectivity index (χ1) is 14.3. The van der Waals surface area contributed by atoms with Crippen molar-refractivity contribution in [3.05, 3.63) is 0 Å². The van der Waals surface area contributed by atoms with Crippen LogP contribution in [0.3, 0.4) is 0 Å². The maximum Gasteiger partial charge on any atom is -0.0443 e. The highest BCUT2D eigenvalue weighted by molar-refractivity contribution is 4.56. The van der Waals surface area contributed by atoms with Crippen LogP contribution in [0.2, 0.25) is 0 Å². The molecule has 29 heavy (non-hydrogen) atoms. The number of rotatable bonds is 25. The lowest BCUT2D eigenvalue weighted by Crippen LogP contribution is -1.95. The molecule has 0 nitrogen and oxygen atoms in total. The van der Waals surface area contributed by atoms with E-state index in [0.29, 0.717) is 0 Å². The van der Waals surface area contributed by atoms with Crippen LogP contribution < -0.4 is 0 Å². The summed E-state index contributed by atoms with van der Waals surface area (Å²) in [6.07, 6.45) is 36.8. The van der Waals surface area contributed by atoms with E-state index in [9.17, 15) is 0 Å². The number of unbranched alkanes of at least 4 members (excludes halogenated alkanes) is 21. The fourth-order valence-electron chi connectivity index (χ4n) is 4.64. The van der Waals surface area contributed by atoms with E-state index >= 15 is 0 Å². The molecule has 0 heteroatoms. The Morgan fingerprint density at radius 3 is 0.759 bits per heavy atom. The number of hydrogen-bond donors (Lipinski definition) is 0. The molecular formula is C29H60. The topological polar surface area (TPSA) is 0 Å². The minimum atomic E-state index is 0.970. The summed E-state index contributed by atoms with van der Waals surface area (Å²) < 4.78 is 0. The predicted molar refractivity (Wildman–Crippen MR) is 136 cm³/mol. The van der Waals surface area contributed by atoms with Gasteiger partial charge >= 0.3 is 0 Å². The van der Waals surface area contributed by atoms with Crippen molar-refractivity contribution in [2.45, 2.75) is 181 Å². The molecule has 1 atom stereocenters. The lowest BCUT2D eigenvalue weighted by molar-refractivity contribution is 0.430. The van der Waals surface area contributed by atoms with Crippen molar-refractivity contribution in [2.24, 2.45) is 5.92 Å². The maximum atomic E-state index is 2.49. The van der Waals surface area contributed by atoms with Gasteiger partial charge in [0.15, 0.2) is 0 Å². The summed E-state index contributed by atoms with van der Waals surface area (Å²) in [6, 6.07) is 0. The van der Waals surface area contributed by atoms with E-state index in [2.05, 4.69) is 20.8 Å². The molecule has 176 valence electrons. The van der Waals surface area contributed by atoms with Gasteiger partial charge in [0.25, 0.3) is 0 Å². The van der Waals surface area contributed by atoms with Gasteiger partial charge in [0, 0.05) is 0 Å². The lowest BCUT2D eigenvalue weighted by Gasteiger charge is -2.11. The highest BCUT2D eigenvalue weighted by Gasteiger charge is 2.02. The molecule has 0 fully saturated rings. The molecule has 0 saturated heterocycles. The van der Waals surface area contributed by atoms with Gasteiger partial charge in [-0.15, -0.1) is 0 Å². The van der Waals surface area contributed by atoms with E-state index in [4.69, 9.17) is 0 Å². The van der Waals surface area contributed by atoms with E-state index < -0.39 is 0 Å². The summed E-state index contributed by atoms with van der Waals surface area (Å²) in [5.41, 5.74) is 0. The molecule has 0 aliphatic rings. The minimum Gasteiger partial charge on any atom is -0.0654 e. The highest BCUT2D eigenvalue weighted by atomic mass is 14.1. The second-order valence-corrected chi connectivity index (χ2v) is 10.1. The van der Waals surface area contributed by atoms with Crippen LogP contribution in [-0.2, 0) is 0 Å². The largest absolute Gasteiger partial charge is 0.0654 e. The van der Waals surface area contributed by atoms with E-state index in [1.54, 1.807) is 0 Å². The van der Waals surface area contributed by atoms with Crippen LogP contribution in [0, 0.1) is 5.92 Å². The first kappa shape index (κ1) is 29.0. The number of hydrogen-bond acceptors (Lipinski definition) is 0. The zero-order chi connectivity index (χ0) is 21.3. The van der Waals surface area contributed by atoms with Crippen molar-refractivity contribution in [2.75, 3.05) is 0 Å². The van der Waals surface area contributed by atoms with Gasteiger partial charge in [-0.1, -0.05) is 181 Å². The van der Waals surface area contributed by atoms with Gasteiger partial charge in [-0.25, -0.2) is 0 Å². The molecule has 0 aromatic heterocycles. The van der Waals surface area contributed by atoms with Crippen molar-refractivity contribution in [3.63, 3.8) is 0 Å². The quantitative estimate of drug-likeness (QED) is 0.132. The van der Waals surface area contributed by atoms with Crippen molar-refractivity contribution >= 4 is 0 Å². The average Bonchev–Trinajstić information content (AvgIpc) is 2.72. The Labute approximate surface area is 187 Å². The Hall–Kier alpha value is 0. The zero-order valence-electron chi connectivity index (χ0n) is 21.3. The Morgan fingerprint density at radius 1 is 0.310 bits per heavy atom. The third-order valence-electron chi connectivity index (χ3n) is 6.85. The Kier molecular flexibility index (Phi) is 26.0. The average molecular weight is 409 g/mol. The van der Waals surface area contributed by atoms with Crippen LogP contribution in [0.25, 0.3) is 0 Å². The predicted octanol–water partition coefficient (Wildman–Crippen LogP) is 11.4. The molecule has 1 unspecified atom stereocenters. The third kappa shape index (κ3) is 26.0. The molecule has 0 amide bonds. The van der Waals surface area contributed by atoms with Gasteiger partial charge in [0.2, 0.25) is 0 Å². The van der Waals surface area contributed by atoms with E-state index in [1.807, 2.05) is 0 Å². The molecular weight excluding hydrogens is 348 g/mol. The van der Waals surface area contributed by atoms with Crippen molar-refractivity contribution in [3.8, 4) is 0 Å². The Morgan fingerprint density at radius 2 is 0.517 bits per heavy atom. The second kappa shape index (κ2) is 26.0. The lowest BCUT2D eigenvalue weighted by atomic mass is 9.95. The molecule has 0 N–H and O–H groups in total. The first-order valence-electron chi connectivity index (χ1n) is 14.3. The molecule has 0 radical (unpaired) electrons. The van der Waals surface area contributed by atoms with Crippen LogP contribution >= 0.6 is 0 Å². The van der Waals surface area contributed by atoms with Crippen LogP contribution in [0.5, 0.6) is 0 Å². The summed E-state index contributed by atoms with van der Waals surface area (Å²) in [4.78, 5) is 0. The van der Waals surface area contributed by atoms with Crippen molar-refractivity contribution < 1.29 is 0 Å². The molecule has 0 aliphatic carbocycles. The summed E-state index contributed by atoms with van der Waals surface area (Å²) in [6.45, 7) is 7.10. The minimum absolute atomic E-state index is 0.970. The first-order valence-corrected chi connectivity index (χ1v) is 14.3. The molecule has 0 aromatic carbocycles. The SMILES string of the molecule is CCCCCCCCCCCCCCCCCC(C)CCCCCCCCCC.